The first-order valence-corrected chi connectivity index (χ1v) is 7.12. The van der Waals surface area contributed by atoms with Gasteiger partial charge < -0.3 is 10.5 Å². The average Bonchev–Trinajstić information content (AvgIpc) is 2.40. The van der Waals surface area contributed by atoms with Gasteiger partial charge in [0.1, 0.15) is 6.61 Å². The molecule has 2 rings (SSSR count). The van der Waals surface area contributed by atoms with Gasteiger partial charge in [0.15, 0.2) is 0 Å². The van der Waals surface area contributed by atoms with Crippen molar-refractivity contribution >= 4 is 39.2 Å². The number of anilines is 1. The Balaban J connectivity index is 2.11. The Kier molecular flexibility index (Phi) is 4.68. The molecule has 0 saturated carbocycles. The van der Waals surface area contributed by atoms with Gasteiger partial charge in [-0.25, -0.2) is 4.79 Å². The van der Waals surface area contributed by atoms with E-state index in [1.165, 1.54) is 0 Å². The molecule has 5 heteroatoms. The van der Waals surface area contributed by atoms with Crippen LogP contribution in [-0.2, 0) is 11.3 Å². The lowest BCUT2D eigenvalue weighted by atomic mass is 10.1. The third kappa shape index (κ3) is 3.32. The van der Waals surface area contributed by atoms with E-state index in [0.29, 0.717) is 20.7 Å². The lowest BCUT2D eigenvalue weighted by molar-refractivity contribution is 0.0472. The standard InChI is InChI=1S/C15H13BrClNO2/c1-9-5-6-10(12(17)7-9)8-20-15(19)11-3-2-4-13(18)14(11)16/h2-7H,8,18H2,1H3. The van der Waals surface area contributed by atoms with Crippen LogP contribution in [0, 0.1) is 6.92 Å². The number of rotatable bonds is 3. The summed E-state index contributed by atoms with van der Waals surface area (Å²) in [6.45, 7) is 2.07. The molecule has 0 aliphatic rings. The van der Waals surface area contributed by atoms with Gasteiger partial charge in [0, 0.05) is 16.3 Å². The van der Waals surface area contributed by atoms with Gasteiger partial charge in [0.2, 0.25) is 0 Å². The van der Waals surface area contributed by atoms with Crippen LogP contribution in [0.2, 0.25) is 5.02 Å². The summed E-state index contributed by atoms with van der Waals surface area (Å²) in [6.07, 6.45) is 0. The molecule has 0 atom stereocenters. The third-order valence-electron chi connectivity index (χ3n) is 2.82. The van der Waals surface area contributed by atoms with Crippen molar-refractivity contribution in [3.8, 4) is 0 Å². The number of hydrogen-bond donors (Lipinski definition) is 1. The van der Waals surface area contributed by atoms with E-state index in [4.69, 9.17) is 22.1 Å². The van der Waals surface area contributed by atoms with Gasteiger partial charge in [-0.2, -0.15) is 0 Å². The number of esters is 1. The minimum Gasteiger partial charge on any atom is -0.457 e. The van der Waals surface area contributed by atoms with E-state index in [9.17, 15) is 4.79 Å². The van der Waals surface area contributed by atoms with E-state index in [1.807, 2.05) is 25.1 Å². The van der Waals surface area contributed by atoms with E-state index in [0.717, 1.165) is 11.1 Å². The molecule has 0 bridgehead atoms. The van der Waals surface area contributed by atoms with Crippen molar-refractivity contribution in [1.82, 2.24) is 0 Å². The molecule has 2 aromatic rings. The number of carbonyl (C=O) groups is 1. The fourth-order valence-corrected chi connectivity index (χ4v) is 2.41. The molecular weight excluding hydrogens is 342 g/mol. The molecule has 0 saturated heterocycles. The van der Waals surface area contributed by atoms with E-state index < -0.39 is 5.97 Å². The second-order valence-electron chi connectivity index (χ2n) is 4.38. The minimum absolute atomic E-state index is 0.124. The van der Waals surface area contributed by atoms with E-state index in [-0.39, 0.29) is 6.61 Å². The van der Waals surface area contributed by atoms with E-state index >= 15 is 0 Å². The van der Waals surface area contributed by atoms with Crippen molar-refractivity contribution in [2.75, 3.05) is 5.73 Å². The predicted molar refractivity (Wildman–Crippen MR) is 83.9 cm³/mol. The average molecular weight is 355 g/mol. The monoisotopic (exact) mass is 353 g/mol. The summed E-state index contributed by atoms with van der Waals surface area (Å²) in [5.41, 5.74) is 8.45. The highest BCUT2D eigenvalue weighted by Gasteiger charge is 2.13. The van der Waals surface area contributed by atoms with Crippen molar-refractivity contribution in [1.29, 1.82) is 0 Å². The first kappa shape index (κ1) is 14.9. The predicted octanol–water partition coefficient (Wildman–Crippen LogP) is 4.35. The van der Waals surface area contributed by atoms with Gasteiger partial charge >= 0.3 is 5.97 Å². The van der Waals surface area contributed by atoms with Crippen molar-refractivity contribution in [2.24, 2.45) is 0 Å². The van der Waals surface area contributed by atoms with Crippen LogP contribution < -0.4 is 5.73 Å². The Labute approximate surface area is 130 Å². The summed E-state index contributed by atoms with van der Waals surface area (Å²) >= 11 is 9.37. The molecule has 3 nitrogen and oxygen atoms in total. The fourth-order valence-electron chi connectivity index (χ4n) is 1.70. The normalized spacial score (nSPS) is 10.3. The highest BCUT2D eigenvalue weighted by molar-refractivity contribution is 9.10. The van der Waals surface area contributed by atoms with Crippen LogP contribution in [0.25, 0.3) is 0 Å². The number of nitrogen functional groups attached to an aromatic ring is 1. The van der Waals surface area contributed by atoms with E-state index in [2.05, 4.69) is 15.9 Å². The molecular formula is C15H13BrClNO2. The quantitative estimate of drug-likeness (QED) is 0.658. The Morgan fingerprint density at radius 1 is 1.35 bits per heavy atom. The Morgan fingerprint density at radius 3 is 2.80 bits per heavy atom. The Bertz CT molecular complexity index is 658. The van der Waals surface area contributed by atoms with Gasteiger partial charge in [0.25, 0.3) is 0 Å². The number of halogens is 2. The van der Waals surface area contributed by atoms with Gasteiger partial charge in [-0.3, -0.25) is 0 Å². The molecule has 2 N–H and O–H groups in total. The van der Waals surface area contributed by atoms with Crippen molar-refractivity contribution < 1.29 is 9.53 Å². The van der Waals surface area contributed by atoms with Crippen LogP contribution in [0.4, 0.5) is 5.69 Å². The van der Waals surface area contributed by atoms with Crippen LogP contribution in [0.15, 0.2) is 40.9 Å². The molecule has 0 aliphatic heterocycles. The molecule has 0 aromatic heterocycles. The van der Waals surface area contributed by atoms with Gasteiger partial charge in [0.05, 0.1) is 10.0 Å². The smallest absolute Gasteiger partial charge is 0.339 e. The second kappa shape index (κ2) is 6.29. The van der Waals surface area contributed by atoms with E-state index in [1.54, 1.807) is 18.2 Å². The summed E-state index contributed by atoms with van der Waals surface area (Å²) in [4.78, 5) is 12.0. The van der Waals surface area contributed by atoms with Crippen molar-refractivity contribution in [3.63, 3.8) is 0 Å². The molecule has 0 fully saturated rings. The second-order valence-corrected chi connectivity index (χ2v) is 5.58. The zero-order valence-electron chi connectivity index (χ0n) is 10.8. The van der Waals surface area contributed by atoms with Crippen molar-refractivity contribution in [2.45, 2.75) is 13.5 Å². The van der Waals surface area contributed by atoms with Gasteiger partial charge in [-0.1, -0.05) is 29.8 Å². The number of benzene rings is 2. The van der Waals surface area contributed by atoms with Crippen LogP contribution in [-0.4, -0.2) is 5.97 Å². The number of hydrogen-bond acceptors (Lipinski definition) is 3. The maximum absolute atomic E-state index is 12.0. The van der Waals surface area contributed by atoms with Crippen LogP contribution in [0.3, 0.4) is 0 Å². The summed E-state index contributed by atoms with van der Waals surface area (Å²) in [6, 6.07) is 10.7. The summed E-state index contributed by atoms with van der Waals surface area (Å²) in [5.74, 6) is -0.444. The lowest BCUT2D eigenvalue weighted by Crippen LogP contribution is -2.07. The highest BCUT2D eigenvalue weighted by Crippen LogP contribution is 2.25. The number of nitrogens with two attached hydrogens (primary N) is 1. The molecule has 0 radical (unpaired) electrons. The molecule has 20 heavy (non-hydrogen) atoms. The zero-order valence-corrected chi connectivity index (χ0v) is 13.2. The molecule has 0 aliphatic carbocycles. The first-order valence-electron chi connectivity index (χ1n) is 5.95. The van der Waals surface area contributed by atoms with Crippen LogP contribution >= 0.6 is 27.5 Å². The molecule has 0 unspecified atom stereocenters. The zero-order chi connectivity index (χ0) is 14.7. The van der Waals surface area contributed by atoms with Crippen LogP contribution in [0.5, 0.6) is 0 Å². The number of aryl methyl sites for hydroxylation is 1. The van der Waals surface area contributed by atoms with Crippen LogP contribution in [0.1, 0.15) is 21.5 Å². The fraction of sp³-hybridized carbons (Fsp3) is 0.133. The molecule has 0 heterocycles. The molecule has 2 aromatic carbocycles. The largest absolute Gasteiger partial charge is 0.457 e. The summed E-state index contributed by atoms with van der Waals surface area (Å²) in [5, 5.41) is 0.587. The molecule has 104 valence electrons. The van der Waals surface area contributed by atoms with Crippen molar-refractivity contribution in [3.05, 3.63) is 62.6 Å². The Morgan fingerprint density at radius 2 is 2.10 bits per heavy atom. The van der Waals surface area contributed by atoms with Gasteiger partial charge in [-0.15, -0.1) is 0 Å². The number of carbonyl (C=O) groups excluding carboxylic acids is 1. The lowest BCUT2D eigenvalue weighted by Gasteiger charge is -2.09. The molecule has 0 spiro atoms. The first-order chi connectivity index (χ1) is 9.49. The summed E-state index contributed by atoms with van der Waals surface area (Å²) in [7, 11) is 0. The summed E-state index contributed by atoms with van der Waals surface area (Å²) < 4.78 is 5.80. The third-order valence-corrected chi connectivity index (χ3v) is 4.05. The Hall–Kier alpha value is -1.52. The SMILES string of the molecule is Cc1ccc(COC(=O)c2cccc(N)c2Br)c(Cl)c1. The number of ether oxygens (including phenoxy) is 1. The van der Waals surface area contributed by atoms with Gasteiger partial charge in [-0.05, 0) is 46.6 Å². The maximum Gasteiger partial charge on any atom is 0.339 e. The topological polar surface area (TPSA) is 52.3 Å². The molecule has 0 amide bonds. The minimum atomic E-state index is -0.444. The highest BCUT2D eigenvalue weighted by atomic mass is 79.9. The maximum atomic E-state index is 12.0.